The molecule has 1 heterocycles. The molecule has 0 aromatic carbocycles. The second kappa shape index (κ2) is 5.57. The van der Waals surface area contributed by atoms with Crippen molar-refractivity contribution in [3.05, 3.63) is 0 Å². The van der Waals surface area contributed by atoms with E-state index in [1.807, 2.05) is 7.05 Å². The van der Waals surface area contributed by atoms with Crippen LogP contribution in [0.1, 0.15) is 39.5 Å². The normalized spacial score (nSPS) is 32.4. The molecule has 0 aromatic rings. The minimum absolute atomic E-state index is 0.0232. The molecule has 18 heavy (non-hydrogen) atoms. The highest BCUT2D eigenvalue weighted by Gasteiger charge is 2.35. The van der Waals surface area contributed by atoms with Crippen LogP contribution >= 0.6 is 0 Å². The summed E-state index contributed by atoms with van der Waals surface area (Å²) in [6.45, 7) is 5.82. The summed E-state index contributed by atoms with van der Waals surface area (Å²) in [5, 5.41) is 6.36. The fourth-order valence-corrected chi connectivity index (χ4v) is 2.95. The lowest BCUT2D eigenvalue weighted by molar-refractivity contribution is -0.126. The molecule has 0 bridgehead atoms. The van der Waals surface area contributed by atoms with E-state index in [-0.39, 0.29) is 17.9 Å². The van der Waals surface area contributed by atoms with Crippen molar-refractivity contribution in [1.29, 1.82) is 0 Å². The average molecular weight is 254 g/mol. The highest BCUT2D eigenvalue weighted by molar-refractivity contribution is 5.80. The van der Waals surface area contributed by atoms with E-state index in [1.165, 1.54) is 12.8 Å². The van der Waals surface area contributed by atoms with Crippen molar-refractivity contribution in [1.82, 2.24) is 10.6 Å². The molecule has 4 nitrogen and oxygen atoms in total. The number of hydrogen-bond acceptors (Lipinski definition) is 3. The minimum atomic E-state index is -0.0232. The van der Waals surface area contributed by atoms with Crippen LogP contribution in [0.3, 0.4) is 0 Å². The fraction of sp³-hybridized carbons (Fsp3) is 0.929. The molecule has 1 saturated heterocycles. The van der Waals surface area contributed by atoms with Gasteiger partial charge in [-0.05, 0) is 38.1 Å². The van der Waals surface area contributed by atoms with Crippen LogP contribution in [-0.4, -0.2) is 38.3 Å². The standard InChI is InChI=1S/C14H26N2O2/c1-14(2)6-4-10(5-7-14)16-13(17)11-8-18-9-12(11)15-3/h10-12,15H,4-9H2,1-3H3,(H,16,17). The van der Waals surface area contributed by atoms with Crippen molar-refractivity contribution < 1.29 is 9.53 Å². The molecular formula is C14H26N2O2. The van der Waals surface area contributed by atoms with Gasteiger partial charge in [-0.3, -0.25) is 4.79 Å². The second-order valence-corrected chi connectivity index (χ2v) is 6.49. The van der Waals surface area contributed by atoms with E-state index in [2.05, 4.69) is 24.5 Å². The number of ether oxygens (including phenoxy) is 1. The van der Waals surface area contributed by atoms with Gasteiger partial charge in [-0.15, -0.1) is 0 Å². The van der Waals surface area contributed by atoms with Crippen LogP contribution < -0.4 is 10.6 Å². The summed E-state index contributed by atoms with van der Waals surface area (Å²) < 4.78 is 5.38. The molecule has 0 aromatic heterocycles. The lowest BCUT2D eigenvalue weighted by Gasteiger charge is -2.35. The Labute approximate surface area is 110 Å². The molecule has 1 aliphatic carbocycles. The van der Waals surface area contributed by atoms with Gasteiger partial charge < -0.3 is 15.4 Å². The summed E-state index contributed by atoms with van der Waals surface area (Å²) in [6, 6.07) is 0.536. The average Bonchev–Trinajstić information content (AvgIpc) is 2.80. The maximum Gasteiger partial charge on any atom is 0.227 e. The van der Waals surface area contributed by atoms with Gasteiger partial charge in [0, 0.05) is 12.1 Å². The summed E-state index contributed by atoms with van der Waals surface area (Å²) in [4.78, 5) is 12.2. The Morgan fingerprint density at radius 2 is 1.89 bits per heavy atom. The second-order valence-electron chi connectivity index (χ2n) is 6.49. The van der Waals surface area contributed by atoms with Crippen molar-refractivity contribution in [2.75, 3.05) is 20.3 Å². The van der Waals surface area contributed by atoms with Crippen molar-refractivity contribution in [3.8, 4) is 0 Å². The zero-order valence-corrected chi connectivity index (χ0v) is 11.8. The summed E-state index contributed by atoms with van der Waals surface area (Å²) in [7, 11) is 1.89. The van der Waals surface area contributed by atoms with Crippen LogP contribution in [0.4, 0.5) is 0 Å². The zero-order valence-electron chi connectivity index (χ0n) is 11.8. The summed E-state index contributed by atoms with van der Waals surface area (Å²) >= 11 is 0. The Balaban J connectivity index is 1.81. The number of hydrogen-bond donors (Lipinski definition) is 2. The summed E-state index contributed by atoms with van der Waals surface area (Å²) in [6.07, 6.45) is 4.62. The molecule has 4 heteroatoms. The van der Waals surface area contributed by atoms with E-state index in [0.29, 0.717) is 24.7 Å². The molecule has 2 atom stereocenters. The summed E-state index contributed by atoms with van der Waals surface area (Å²) in [5.41, 5.74) is 0.450. The Kier molecular flexibility index (Phi) is 4.28. The number of rotatable bonds is 3. The lowest BCUT2D eigenvalue weighted by Crippen LogP contribution is -2.47. The van der Waals surface area contributed by atoms with Crippen LogP contribution in [0.15, 0.2) is 0 Å². The number of amides is 1. The maximum absolute atomic E-state index is 12.2. The Morgan fingerprint density at radius 3 is 2.50 bits per heavy atom. The SMILES string of the molecule is CNC1COCC1C(=O)NC1CCC(C)(C)CC1. The molecule has 104 valence electrons. The Bertz CT molecular complexity index is 294. The minimum Gasteiger partial charge on any atom is -0.379 e. The van der Waals surface area contributed by atoms with Crippen molar-refractivity contribution in [2.24, 2.45) is 11.3 Å². The van der Waals surface area contributed by atoms with Crippen molar-refractivity contribution in [2.45, 2.75) is 51.6 Å². The van der Waals surface area contributed by atoms with Gasteiger partial charge in [-0.2, -0.15) is 0 Å². The quantitative estimate of drug-likeness (QED) is 0.798. The first kappa shape index (κ1) is 13.8. The molecule has 1 aliphatic heterocycles. The smallest absolute Gasteiger partial charge is 0.227 e. The van der Waals surface area contributed by atoms with Crippen molar-refractivity contribution >= 4 is 5.91 Å². The van der Waals surface area contributed by atoms with Gasteiger partial charge in [-0.25, -0.2) is 0 Å². The maximum atomic E-state index is 12.2. The van der Waals surface area contributed by atoms with Gasteiger partial charge >= 0.3 is 0 Å². The zero-order chi connectivity index (χ0) is 13.2. The monoisotopic (exact) mass is 254 g/mol. The molecule has 2 aliphatic rings. The van der Waals surface area contributed by atoms with Gasteiger partial charge in [0.25, 0.3) is 0 Å². The third-order valence-corrected chi connectivity index (χ3v) is 4.47. The number of carbonyl (C=O) groups is 1. The molecule has 1 saturated carbocycles. The number of nitrogens with one attached hydrogen (secondary N) is 2. The van der Waals surface area contributed by atoms with E-state index in [4.69, 9.17) is 4.74 Å². The molecular weight excluding hydrogens is 228 g/mol. The van der Waals surface area contributed by atoms with E-state index in [9.17, 15) is 4.79 Å². The van der Waals surface area contributed by atoms with Crippen LogP contribution in [0.5, 0.6) is 0 Å². The largest absolute Gasteiger partial charge is 0.379 e. The topological polar surface area (TPSA) is 50.4 Å². The van der Waals surface area contributed by atoms with Gasteiger partial charge in [0.15, 0.2) is 0 Å². The third kappa shape index (κ3) is 3.23. The highest BCUT2D eigenvalue weighted by atomic mass is 16.5. The molecule has 2 N–H and O–H groups in total. The molecule has 0 spiro atoms. The van der Waals surface area contributed by atoms with Crippen LogP contribution in [-0.2, 0) is 9.53 Å². The number of likely N-dealkylation sites (N-methyl/N-ethyl adjacent to an activating group) is 1. The third-order valence-electron chi connectivity index (χ3n) is 4.47. The summed E-state index contributed by atoms with van der Waals surface area (Å²) in [5.74, 6) is 0.140. The highest BCUT2D eigenvalue weighted by Crippen LogP contribution is 2.35. The first-order chi connectivity index (χ1) is 8.52. The van der Waals surface area contributed by atoms with Gasteiger partial charge in [-0.1, -0.05) is 13.8 Å². The molecule has 1 amide bonds. The van der Waals surface area contributed by atoms with E-state index >= 15 is 0 Å². The van der Waals surface area contributed by atoms with Gasteiger partial charge in [0.2, 0.25) is 5.91 Å². The van der Waals surface area contributed by atoms with Crippen LogP contribution in [0, 0.1) is 11.3 Å². The van der Waals surface area contributed by atoms with E-state index in [1.54, 1.807) is 0 Å². The lowest BCUT2D eigenvalue weighted by atomic mass is 9.75. The van der Waals surface area contributed by atoms with Gasteiger partial charge in [0.1, 0.15) is 0 Å². The molecule has 2 unspecified atom stereocenters. The van der Waals surface area contributed by atoms with Crippen LogP contribution in [0.25, 0.3) is 0 Å². The molecule has 2 rings (SSSR count). The number of carbonyl (C=O) groups excluding carboxylic acids is 1. The van der Waals surface area contributed by atoms with E-state index in [0.717, 1.165) is 12.8 Å². The fourth-order valence-electron chi connectivity index (χ4n) is 2.95. The van der Waals surface area contributed by atoms with Crippen molar-refractivity contribution in [3.63, 3.8) is 0 Å². The molecule has 0 radical (unpaired) electrons. The Morgan fingerprint density at radius 1 is 1.22 bits per heavy atom. The van der Waals surface area contributed by atoms with Gasteiger partial charge in [0.05, 0.1) is 19.1 Å². The predicted octanol–water partition coefficient (Wildman–Crippen LogP) is 1.31. The first-order valence-corrected chi connectivity index (χ1v) is 7.07. The predicted molar refractivity (Wildman–Crippen MR) is 71.3 cm³/mol. The van der Waals surface area contributed by atoms with E-state index < -0.39 is 0 Å². The first-order valence-electron chi connectivity index (χ1n) is 7.07. The Hall–Kier alpha value is -0.610. The van der Waals surface area contributed by atoms with Crippen LogP contribution in [0.2, 0.25) is 0 Å². The molecule has 2 fully saturated rings.